The summed E-state index contributed by atoms with van der Waals surface area (Å²) in [5.41, 5.74) is 2.55. The van der Waals surface area contributed by atoms with Crippen molar-refractivity contribution in [2.24, 2.45) is 0 Å². The van der Waals surface area contributed by atoms with E-state index in [-0.39, 0.29) is 11.9 Å². The van der Waals surface area contributed by atoms with Crippen LogP contribution < -0.4 is 0 Å². The minimum atomic E-state index is 0.0307. The molecule has 1 heterocycles. The standard InChI is InChI=1S/C22H25N3O/c1-17-14-21(12-13-25(17)16-19-6-4-3-5-7-19)24(2)22(26)20-10-8-18(15-23)9-11-20/h3-11,17,21H,12-14,16H2,1-2H3/t17-,21-/m0/s1. The maximum Gasteiger partial charge on any atom is 0.253 e. The van der Waals surface area contributed by atoms with E-state index >= 15 is 0 Å². The van der Waals surface area contributed by atoms with Crippen LogP contribution in [-0.2, 0) is 6.54 Å². The van der Waals surface area contributed by atoms with Crippen LogP contribution in [0.4, 0.5) is 0 Å². The highest BCUT2D eigenvalue weighted by Crippen LogP contribution is 2.24. The zero-order valence-electron chi connectivity index (χ0n) is 15.4. The van der Waals surface area contributed by atoms with Gasteiger partial charge in [-0.15, -0.1) is 0 Å². The summed E-state index contributed by atoms with van der Waals surface area (Å²) in [7, 11) is 1.89. The van der Waals surface area contributed by atoms with Gasteiger partial charge in [0.25, 0.3) is 5.91 Å². The molecule has 1 fully saturated rings. The average Bonchev–Trinajstić information content (AvgIpc) is 2.69. The van der Waals surface area contributed by atoms with E-state index in [2.05, 4.69) is 42.2 Å². The number of hydrogen-bond donors (Lipinski definition) is 0. The second-order valence-electron chi connectivity index (χ2n) is 7.09. The maximum absolute atomic E-state index is 12.8. The van der Waals surface area contributed by atoms with Crippen molar-refractivity contribution in [2.45, 2.75) is 38.4 Å². The predicted molar refractivity (Wildman–Crippen MR) is 103 cm³/mol. The van der Waals surface area contributed by atoms with E-state index in [1.165, 1.54) is 5.56 Å². The number of likely N-dealkylation sites (tertiary alicyclic amines) is 1. The van der Waals surface area contributed by atoms with Crippen molar-refractivity contribution < 1.29 is 4.79 Å². The normalized spacial score (nSPS) is 20.3. The SMILES string of the molecule is C[C@H]1C[C@@H](N(C)C(=O)c2ccc(C#N)cc2)CCN1Cc1ccccc1. The van der Waals surface area contributed by atoms with Gasteiger partial charge in [0.1, 0.15) is 0 Å². The van der Waals surface area contributed by atoms with Crippen LogP contribution in [0.2, 0.25) is 0 Å². The van der Waals surface area contributed by atoms with Gasteiger partial charge in [-0.2, -0.15) is 5.26 Å². The van der Waals surface area contributed by atoms with Gasteiger partial charge in [-0.3, -0.25) is 9.69 Å². The number of benzene rings is 2. The Morgan fingerprint density at radius 3 is 2.50 bits per heavy atom. The van der Waals surface area contributed by atoms with Gasteiger partial charge in [0, 0.05) is 37.8 Å². The molecular formula is C22H25N3O. The summed E-state index contributed by atoms with van der Waals surface area (Å²) in [6.07, 6.45) is 1.96. The first-order valence-corrected chi connectivity index (χ1v) is 9.14. The monoisotopic (exact) mass is 347 g/mol. The fraction of sp³-hybridized carbons (Fsp3) is 0.364. The Morgan fingerprint density at radius 1 is 1.19 bits per heavy atom. The van der Waals surface area contributed by atoms with Crippen LogP contribution in [0.1, 0.15) is 41.3 Å². The van der Waals surface area contributed by atoms with Gasteiger partial charge in [0.05, 0.1) is 11.6 Å². The van der Waals surface area contributed by atoms with Crippen molar-refractivity contribution in [2.75, 3.05) is 13.6 Å². The number of nitrogens with zero attached hydrogens (tertiary/aromatic N) is 3. The van der Waals surface area contributed by atoms with Gasteiger partial charge < -0.3 is 4.90 Å². The fourth-order valence-corrected chi connectivity index (χ4v) is 3.66. The maximum atomic E-state index is 12.8. The van der Waals surface area contributed by atoms with Crippen LogP contribution >= 0.6 is 0 Å². The van der Waals surface area contributed by atoms with Gasteiger partial charge in [-0.1, -0.05) is 30.3 Å². The quantitative estimate of drug-likeness (QED) is 0.847. The molecule has 0 aliphatic carbocycles. The van der Waals surface area contributed by atoms with Crippen molar-refractivity contribution in [1.29, 1.82) is 5.26 Å². The number of carbonyl (C=O) groups excluding carboxylic acids is 1. The van der Waals surface area contributed by atoms with Gasteiger partial charge >= 0.3 is 0 Å². The lowest BCUT2D eigenvalue weighted by molar-refractivity contribution is 0.0538. The van der Waals surface area contributed by atoms with Crippen molar-refractivity contribution in [3.63, 3.8) is 0 Å². The van der Waals surface area contributed by atoms with Crippen LogP contribution in [0.15, 0.2) is 54.6 Å². The smallest absolute Gasteiger partial charge is 0.253 e. The topological polar surface area (TPSA) is 47.3 Å². The lowest BCUT2D eigenvalue weighted by atomic mass is 9.96. The summed E-state index contributed by atoms with van der Waals surface area (Å²) < 4.78 is 0. The molecule has 2 aromatic rings. The van der Waals surface area contributed by atoms with E-state index in [4.69, 9.17) is 5.26 Å². The summed E-state index contributed by atoms with van der Waals surface area (Å²) in [6, 6.07) is 20.2. The Balaban J connectivity index is 1.60. The van der Waals surface area contributed by atoms with Crippen LogP contribution in [0.25, 0.3) is 0 Å². The number of piperidine rings is 1. The third-order valence-corrected chi connectivity index (χ3v) is 5.34. The van der Waals surface area contributed by atoms with Crippen molar-refractivity contribution in [3.8, 4) is 6.07 Å². The zero-order valence-corrected chi connectivity index (χ0v) is 15.4. The Hall–Kier alpha value is -2.64. The number of rotatable bonds is 4. The Kier molecular flexibility index (Phi) is 5.70. The Bertz CT molecular complexity index is 779. The first-order chi connectivity index (χ1) is 12.6. The summed E-state index contributed by atoms with van der Waals surface area (Å²) in [6.45, 7) is 4.20. The molecule has 1 saturated heterocycles. The van der Waals surface area contributed by atoms with E-state index in [1.807, 2.05) is 18.0 Å². The molecular weight excluding hydrogens is 322 g/mol. The van der Waals surface area contributed by atoms with Gasteiger partial charge in [0.15, 0.2) is 0 Å². The molecule has 1 aliphatic rings. The average molecular weight is 347 g/mol. The first kappa shape index (κ1) is 18.2. The third kappa shape index (κ3) is 4.12. The van der Waals surface area contributed by atoms with Crippen molar-refractivity contribution >= 4 is 5.91 Å². The number of carbonyl (C=O) groups is 1. The highest BCUT2D eigenvalue weighted by molar-refractivity contribution is 5.94. The summed E-state index contributed by atoms with van der Waals surface area (Å²) >= 11 is 0. The minimum absolute atomic E-state index is 0.0307. The van der Waals surface area contributed by atoms with Crippen molar-refractivity contribution in [1.82, 2.24) is 9.80 Å². The highest BCUT2D eigenvalue weighted by Gasteiger charge is 2.30. The molecule has 0 spiro atoms. The van der Waals surface area contributed by atoms with E-state index in [0.29, 0.717) is 17.2 Å². The number of amides is 1. The fourth-order valence-electron chi connectivity index (χ4n) is 3.66. The second-order valence-corrected chi connectivity index (χ2v) is 7.09. The third-order valence-electron chi connectivity index (χ3n) is 5.34. The summed E-state index contributed by atoms with van der Waals surface area (Å²) in [5.74, 6) is 0.0307. The van der Waals surface area contributed by atoms with Crippen LogP contribution in [0.5, 0.6) is 0 Å². The molecule has 3 rings (SSSR count). The molecule has 0 bridgehead atoms. The lowest BCUT2D eigenvalue weighted by Gasteiger charge is -2.41. The first-order valence-electron chi connectivity index (χ1n) is 9.14. The molecule has 0 N–H and O–H groups in total. The Labute approximate surface area is 155 Å². The van der Waals surface area contributed by atoms with Crippen LogP contribution in [0, 0.1) is 11.3 Å². The minimum Gasteiger partial charge on any atom is -0.339 e. The van der Waals surface area contributed by atoms with Gasteiger partial charge in [-0.05, 0) is 49.6 Å². The summed E-state index contributed by atoms with van der Waals surface area (Å²) in [4.78, 5) is 17.1. The number of hydrogen-bond acceptors (Lipinski definition) is 3. The molecule has 0 unspecified atom stereocenters. The molecule has 0 radical (unpaired) electrons. The van der Waals surface area contributed by atoms with Crippen LogP contribution in [0.3, 0.4) is 0 Å². The Morgan fingerprint density at radius 2 is 1.88 bits per heavy atom. The molecule has 1 amide bonds. The van der Waals surface area contributed by atoms with Gasteiger partial charge in [-0.25, -0.2) is 0 Å². The molecule has 0 aromatic heterocycles. The lowest BCUT2D eigenvalue weighted by Crippen LogP contribution is -2.49. The highest BCUT2D eigenvalue weighted by atomic mass is 16.2. The molecule has 26 heavy (non-hydrogen) atoms. The molecule has 2 atom stereocenters. The molecule has 0 saturated carbocycles. The van der Waals surface area contributed by atoms with E-state index in [0.717, 1.165) is 25.9 Å². The zero-order chi connectivity index (χ0) is 18.5. The van der Waals surface area contributed by atoms with E-state index < -0.39 is 0 Å². The molecule has 2 aromatic carbocycles. The molecule has 1 aliphatic heterocycles. The molecule has 4 nitrogen and oxygen atoms in total. The van der Waals surface area contributed by atoms with E-state index in [1.54, 1.807) is 24.3 Å². The van der Waals surface area contributed by atoms with E-state index in [9.17, 15) is 4.79 Å². The van der Waals surface area contributed by atoms with Crippen LogP contribution in [-0.4, -0.2) is 41.4 Å². The van der Waals surface area contributed by atoms with Crippen molar-refractivity contribution in [3.05, 3.63) is 71.3 Å². The van der Waals surface area contributed by atoms with Gasteiger partial charge in [0.2, 0.25) is 0 Å². The summed E-state index contributed by atoms with van der Waals surface area (Å²) in [5, 5.41) is 8.89. The number of nitriles is 1. The molecule has 134 valence electrons. The largest absolute Gasteiger partial charge is 0.339 e. The molecule has 4 heteroatoms. The predicted octanol–water partition coefficient (Wildman–Crippen LogP) is 3.68. The second kappa shape index (κ2) is 8.16.